The fraction of sp³-hybridized carbons (Fsp3) is 0.350. The second-order valence-corrected chi connectivity index (χ2v) is 8.12. The van der Waals surface area contributed by atoms with Gasteiger partial charge in [-0.05, 0) is 48.6 Å². The van der Waals surface area contributed by atoms with Crippen molar-refractivity contribution in [3.63, 3.8) is 0 Å². The van der Waals surface area contributed by atoms with Crippen LogP contribution in [-0.2, 0) is 21.4 Å². The van der Waals surface area contributed by atoms with E-state index in [1.54, 1.807) is 6.07 Å². The van der Waals surface area contributed by atoms with Crippen molar-refractivity contribution in [3.8, 4) is 0 Å². The molecule has 2 aromatic rings. The van der Waals surface area contributed by atoms with Crippen LogP contribution in [-0.4, -0.2) is 25.7 Å². The Morgan fingerprint density at radius 2 is 1.81 bits per heavy atom. The molecule has 2 aromatic carbocycles. The zero-order chi connectivity index (χ0) is 18.6. The summed E-state index contributed by atoms with van der Waals surface area (Å²) in [4.78, 5) is 13.1. The van der Waals surface area contributed by atoms with Crippen LogP contribution in [0.1, 0.15) is 24.0 Å². The molecule has 1 amide bonds. The fourth-order valence-corrected chi connectivity index (χ4v) is 4.04. The summed E-state index contributed by atoms with van der Waals surface area (Å²) in [5.41, 5.74) is 1.42. The highest BCUT2D eigenvalue weighted by molar-refractivity contribution is 9.10. The van der Waals surface area contributed by atoms with Crippen LogP contribution in [0, 0.1) is 0 Å². The predicted molar refractivity (Wildman–Crippen MR) is 109 cm³/mol. The molecule has 3 rings (SSSR count). The molecule has 0 aliphatic carbocycles. The highest BCUT2D eigenvalue weighted by atomic mass is 79.9. The number of hydrogen-bond acceptors (Lipinski definition) is 2. The van der Waals surface area contributed by atoms with Gasteiger partial charge in [0.1, 0.15) is 0 Å². The van der Waals surface area contributed by atoms with Gasteiger partial charge in [-0.2, -0.15) is 0 Å². The third-order valence-corrected chi connectivity index (χ3v) is 6.28. The lowest BCUT2D eigenvalue weighted by molar-refractivity contribution is -0.130. The molecule has 0 aromatic heterocycles. The van der Waals surface area contributed by atoms with Crippen molar-refractivity contribution in [2.24, 2.45) is 0 Å². The number of carbonyl (C=O) groups is 1. The summed E-state index contributed by atoms with van der Waals surface area (Å²) in [6, 6.07) is 13.5. The van der Waals surface area contributed by atoms with Crippen LogP contribution in [0.2, 0.25) is 10.0 Å². The third-order valence-electron chi connectivity index (χ3n) is 4.89. The van der Waals surface area contributed by atoms with Gasteiger partial charge >= 0.3 is 0 Å². The largest absolute Gasteiger partial charge is 0.381 e. The summed E-state index contributed by atoms with van der Waals surface area (Å²) in [6.45, 7) is 1.69. The molecule has 0 spiro atoms. The van der Waals surface area contributed by atoms with Gasteiger partial charge < -0.3 is 10.1 Å². The maximum atomic E-state index is 13.1. The van der Waals surface area contributed by atoms with Gasteiger partial charge in [-0.1, -0.05) is 63.4 Å². The SMILES string of the molecule is O=C(NCCc1cccc(Cl)c1Cl)C1(c2ccc(Br)cc2)CCOCC1. The quantitative estimate of drug-likeness (QED) is 0.674. The molecule has 1 aliphatic rings. The summed E-state index contributed by atoms with van der Waals surface area (Å²) in [5, 5.41) is 4.18. The summed E-state index contributed by atoms with van der Waals surface area (Å²) in [6.07, 6.45) is 1.99. The average Bonchev–Trinajstić information content (AvgIpc) is 2.66. The Morgan fingerprint density at radius 1 is 1.12 bits per heavy atom. The van der Waals surface area contributed by atoms with E-state index < -0.39 is 5.41 Å². The van der Waals surface area contributed by atoms with Crippen molar-refractivity contribution in [1.82, 2.24) is 5.32 Å². The number of hydrogen-bond donors (Lipinski definition) is 1. The van der Waals surface area contributed by atoms with Gasteiger partial charge in [0.2, 0.25) is 5.91 Å². The first-order valence-electron chi connectivity index (χ1n) is 8.58. The molecule has 26 heavy (non-hydrogen) atoms. The molecule has 1 aliphatic heterocycles. The number of benzene rings is 2. The van der Waals surface area contributed by atoms with E-state index >= 15 is 0 Å². The summed E-state index contributed by atoms with van der Waals surface area (Å²) in [5.74, 6) is 0.0428. The number of ether oxygens (including phenoxy) is 1. The van der Waals surface area contributed by atoms with E-state index in [1.165, 1.54) is 0 Å². The van der Waals surface area contributed by atoms with E-state index in [9.17, 15) is 4.79 Å². The fourth-order valence-electron chi connectivity index (χ4n) is 3.36. The molecule has 1 fully saturated rings. The molecule has 0 radical (unpaired) electrons. The Balaban J connectivity index is 1.72. The van der Waals surface area contributed by atoms with Crippen LogP contribution in [0.15, 0.2) is 46.9 Å². The molecule has 1 N–H and O–H groups in total. The van der Waals surface area contributed by atoms with E-state index in [1.807, 2.05) is 36.4 Å². The lowest BCUT2D eigenvalue weighted by atomic mass is 9.73. The summed E-state index contributed by atoms with van der Waals surface area (Å²) < 4.78 is 6.50. The van der Waals surface area contributed by atoms with Crippen LogP contribution >= 0.6 is 39.1 Å². The highest BCUT2D eigenvalue weighted by Crippen LogP contribution is 2.36. The van der Waals surface area contributed by atoms with Crippen molar-refractivity contribution in [2.45, 2.75) is 24.7 Å². The Labute approximate surface area is 172 Å². The second-order valence-electron chi connectivity index (χ2n) is 6.42. The van der Waals surface area contributed by atoms with Crippen molar-refractivity contribution >= 4 is 45.0 Å². The molecule has 3 nitrogen and oxygen atoms in total. The smallest absolute Gasteiger partial charge is 0.230 e. The molecule has 6 heteroatoms. The van der Waals surface area contributed by atoms with E-state index in [-0.39, 0.29) is 5.91 Å². The molecular formula is C20H20BrCl2NO2. The third kappa shape index (κ3) is 4.25. The molecule has 1 saturated heterocycles. The van der Waals surface area contributed by atoms with Gasteiger partial charge in [0.05, 0.1) is 15.5 Å². The predicted octanol–water partition coefficient (Wildman–Crippen LogP) is 5.16. The van der Waals surface area contributed by atoms with Crippen molar-refractivity contribution in [1.29, 1.82) is 0 Å². The Morgan fingerprint density at radius 3 is 2.50 bits per heavy atom. The lowest BCUT2D eigenvalue weighted by Crippen LogP contribution is -2.48. The molecule has 138 valence electrons. The highest BCUT2D eigenvalue weighted by Gasteiger charge is 2.41. The molecule has 0 bridgehead atoms. The average molecular weight is 457 g/mol. The van der Waals surface area contributed by atoms with Crippen LogP contribution < -0.4 is 5.32 Å². The van der Waals surface area contributed by atoms with Crippen molar-refractivity contribution in [2.75, 3.05) is 19.8 Å². The summed E-state index contributed by atoms with van der Waals surface area (Å²) >= 11 is 15.7. The first-order valence-corrected chi connectivity index (χ1v) is 10.1. The Hall–Kier alpha value is -1.07. The number of rotatable bonds is 5. The second kappa shape index (κ2) is 8.75. The van der Waals surface area contributed by atoms with Crippen molar-refractivity contribution < 1.29 is 9.53 Å². The van der Waals surface area contributed by atoms with Crippen LogP contribution in [0.5, 0.6) is 0 Å². The van der Waals surface area contributed by atoms with Crippen LogP contribution in [0.25, 0.3) is 0 Å². The Bertz CT molecular complexity index is 774. The zero-order valence-electron chi connectivity index (χ0n) is 14.2. The molecular weight excluding hydrogens is 437 g/mol. The van der Waals surface area contributed by atoms with Gasteiger partial charge in [-0.3, -0.25) is 4.79 Å². The van der Waals surface area contributed by atoms with E-state index in [2.05, 4.69) is 21.2 Å². The molecule has 0 unspecified atom stereocenters. The maximum absolute atomic E-state index is 13.1. The van der Waals surface area contributed by atoms with Gasteiger partial charge in [0.15, 0.2) is 0 Å². The van der Waals surface area contributed by atoms with Gasteiger partial charge in [-0.25, -0.2) is 0 Å². The van der Waals surface area contributed by atoms with Gasteiger partial charge in [0.25, 0.3) is 0 Å². The van der Waals surface area contributed by atoms with Crippen molar-refractivity contribution in [3.05, 3.63) is 68.1 Å². The molecule has 0 saturated carbocycles. The minimum Gasteiger partial charge on any atom is -0.381 e. The standard InChI is InChI=1S/C20H20BrCl2NO2/c21-16-6-4-15(5-7-16)20(9-12-26-13-10-20)19(25)24-11-8-14-2-1-3-17(22)18(14)23/h1-7H,8-13H2,(H,24,25). The van der Waals surface area contributed by atoms with E-state index in [0.29, 0.717) is 49.1 Å². The minimum absolute atomic E-state index is 0.0428. The number of nitrogens with one attached hydrogen (secondary N) is 1. The van der Waals surface area contributed by atoms with Crippen LogP contribution in [0.3, 0.4) is 0 Å². The molecule has 0 atom stereocenters. The maximum Gasteiger partial charge on any atom is 0.230 e. The van der Waals surface area contributed by atoms with Crippen LogP contribution in [0.4, 0.5) is 0 Å². The summed E-state index contributed by atoms with van der Waals surface area (Å²) in [7, 11) is 0. The first-order chi connectivity index (χ1) is 12.5. The number of carbonyl (C=O) groups excluding carboxylic acids is 1. The topological polar surface area (TPSA) is 38.3 Å². The number of halogens is 3. The van der Waals surface area contributed by atoms with E-state index in [4.69, 9.17) is 27.9 Å². The van der Waals surface area contributed by atoms with Gasteiger partial charge in [-0.15, -0.1) is 0 Å². The van der Waals surface area contributed by atoms with Gasteiger partial charge in [0, 0.05) is 24.2 Å². The molecule has 1 heterocycles. The number of amides is 1. The monoisotopic (exact) mass is 455 g/mol. The minimum atomic E-state index is -0.545. The zero-order valence-corrected chi connectivity index (χ0v) is 17.3. The van der Waals surface area contributed by atoms with E-state index in [0.717, 1.165) is 15.6 Å². The lowest BCUT2D eigenvalue weighted by Gasteiger charge is -2.36. The normalized spacial score (nSPS) is 16.3. The first kappa shape index (κ1) is 19.7. The Kier molecular flexibility index (Phi) is 6.62.